The van der Waals surface area contributed by atoms with Crippen LogP contribution in [0.5, 0.6) is 11.5 Å². The van der Waals surface area contributed by atoms with Gasteiger partial charge in [-0.2, -0.15) is 0 Å². The fourth-order valence-corrected chi connectivity index (χ4v) is 2.42. The molecule has 0 aromatic heterocycles. The molecule has 0 saturated carbocycles. The van der Waals surface area contributed by atoms with Crippen LogP contribution in [0.25, 0.3) is 0 Å². The summed E-state index contributed by atoms with van der Waals surface area (Å²) in [6.45, 7) is 13.1. The van der Waals surface area contributed by atoms with E-state index < -0.39 is 0 Å². The maximum atomic E-state index is 10.5. The quantitative estimate of drug-likeness (QED) is 0.810. The first-order valence-electron chi connectivity index (χ1n) is 7.09. The van der Waals surface area contributed by atoms with E-state index in [2.05, 4.69) is 20.8 Å². The number of nitrogens with zero attached hydrogens (tertiary/aromatic N) is 1. The van der Waals surface area contributed by atoms with Crippen molar-refractivity contribution in [1.29, 1.82) is 0 Å². The number of benzene rings is 1. The molecule has 114 valence electrons. The highest BCUT2D eigenvalue weighted by Crippen LogP contribution is 2.44. The molecule has 0 aliphatic carbocycles. The van der Waals surface area contributed by atoms with Crippen molar-refractivity contribution < 1.29 is 10.2 Å². The van der Waals surface area contributed by atoms with Gasteiger partial charge in [-0.05, 0) is 30.5 Å². The van der Waals surface area contributed by atoms with Crippen LogP contribution in [0.3, 0.4) is 0 Å². The largest absolute Gasteiger partial charge is 0.504 e. The standard InChI is InChI=1S/C17H29NO2/c1-16(2,3)12-9-13(17(4,5)6)15(20)14(19)11(12)10-18(7)8/h9,19-20H,10H2,1-8H3. The Bertz CT molecular complexity index is 491. The molecule has 0 aliphatic rings. The topological polar surface area (TPSA) is 43.7 Å². The van der Waals surface area contributed by atoms with Crippen molar-refractivity contribution in [2.45, 2.75) is 58.9 Å². The lowest BCUT2D eigenvalue weighted by Gasteiger charge is -2.30. The average molecular weight is 279 g/mol. The Morgan fingerprint density at radius 1 is 0.850 bits per heavy atom. The third-order valence-electron chi connectivity index (χ3n) is 3.47. The van der Waals surface area contributed by atoms with E-state index in [9.17, 15) is 10.2 Å². The van der Waals surface area contributed by atoms with Crippen molar-refractivity contribution in [3.05, 3.63) is 22.8 Å². The predicted molar refractivity (Wildman–Crippen MR) is 84.6 cm³/mol. The fraction of sp³-hybridized carbons (Fsp3) is 0.647. The van der Waals surface area contributed by atoms with Crippen LogP contribution < -0.4 is 0 Å². The summed E-state index contributed by atoms with van der Waals surface area (Å²) in [6.07, 6.45) is 0. The normalized spacial score (nSPS) is 13.1. The van der Waals surface area contributed by atoms with Gasteiger partial charge in [-0.15, -0.1) is 0 Å². The number of rotatable bonds is 2. The lowest BCUT2D eigenvalue weighted by atomic mass is 9.77. The molecular weight excluding hydrogens is 250 g/mol. The lowest BCUT2D eigenvalue weighted by molar-refractivity contribution is 0.355. The van der Waals surface area contributed by atoms with Gasteiger partial charge in [0.05, 0.1) is 0 Å². The van der Waals surface area contributed by atoms with Gasteiger partial charge < -0.3 is 15.1 Å². The first-order valence-corrected chi connectivity index (χ1v) is 7.09. The maximum Gasteiger partial charge on any atom is 0.162 e. The molecule has 3 nitrogen and oxygen atoms in total. The number of phenols is 2. The molecule has 0 aliphatic heterocycles. The first kappa shape index (κ1) is 16.8. The number of aromatic hydroxyl groups is 2. The zero-order chi connectivity index (χ0) is 15.9. The number of hydrogen-bond acceptors (Lipinski definition) is 3. The van der Waals surface area contributed by atoms with E-state index in [1.807, 2.05) is 45.8 Å². The second-order valence-electron chi connectivity index (χ2n) is 7.89. The van der Waals surface area contributed by atoms with Crippen LogP contribution in [0.2, 0.25) is 0 Å². The molecule has 3 heteroatoms. The van der Waals surface area contributed by atoms with Crippen LogP contribution in [0, 0.1) is 0 Å². The highest BCUT2D eigenvalue weighted by Gasteiger charge is 2.29. The number of hydrogen-bond donors (Lipinski definition) is 2. The monoisotopic (exact) mass is 279 g/mol. The molecule has 0 unspecified atom stereocenters. The minimum absolute atomic E-state index is 0.0161. The molecule has 2 N–H and O–H groups in total. The fourth-order valence-electron chi connectivity index (χ4n) is 2.42. The van der Waals surface area contributed by atoms with E-state index >= 15 is 0 Å². The van der Waals surface area contributed by atoms with Crippen molar-refractivity contribution >= 4 is 0 Å². The van der Waals surface area contributed by atoms with Gasteiger partial charge in [0.25, 0.3) is 0 Å². The zero-order valence-corrected chi connectivity index (χ0v) is 14.1. The van der Waals surface area contributed by atoms with Gasteiger partial charge in [-0.3, -0.25) is 0 Å². The Kier molecular flexibility index (Phi) is 4.45. The van der Waals surface area contributed by atoms with Crippen LogP contribution in [-0.4, -0.2) is 29.2 Å². The van der Waals surface area contributed by atoms with E-state index in [0.717, 1.165) is 16.7 Å². The Balaban J connectivity index is 3.65. The lowest BCUT2D eigenvalue weighted by Crippen LogP contribution is -2.21. The Morgan fingerprint density at radius 3 is 1.65 bits per heavy atom. The van der Waals surface area contributed by atoms with E-state index in [-0.39, 0.29) is 22.3 Å². The summed E-state index contributed by atoms with van der Waals surface area (Å²) >= 11 is 0. The van der Waals surface area contributed by atoms with E-state index in [1.165, 1.54) is 0 Å². The minimum Gasteiger partial charge on any atom is -0.504 e. The Hall–Kier alpha value is -1.22. The van der Waals surface area contributed by atoms with Gasteiger partial charge >= 0.3 is 0 Å². The second-order valence-corrected chi connectivity index (χ2v) is 7.89. The van der Waals surface area contributed by atoms with Gasteiger partial charge in [0.2, 0.25) is 0 Å². The van der Waals surface area contributed by atoms with Crippen molar-refractivity contribution in [2.24, 2.45) is 0 Å². The van der Waals surface area contributed by atoms with Crippen LogP contribution in [0.4, 0.5) is 0 Å². The summed E-state index contributed by atoms with van der Waals surface area (Å²) in [6, 6.07) is 2.05. The molecule has 20 heavy (non-hydrogen) atoms. The molecule has 0 fully saturated rings. The van der Waals surface area contributed by atoms with Crippen LogP contribution in [-0.2, 0) is 17.4 Å². The highest BCUT2D eigenvalue weighted by molar-refractivity contribution is 5.57. The Labute approximate surface area is 123 Å². The van der Waals surface area contributed by atoms with Gasteiger partial charge in [-0.1, -0.05) is 47.6 Å². The minimum atomic E-state index is -0.210. The van der Waals surface area contributed by atoms with Crippen molar-refractivity contribution in [3.63, 3.8) is 0 Å². The summed E-state index contributed by atoms with van der Waals surface area (Å²) in [5.41, 5.74) is 2.40. The average Bonchev–Trinajstić information content (AvgIpc) is 2.20. The van der Waals surface area contributed by atoms with Gasteiger partial charge in [0.1, 0.15) is 0 Å². The van der Waals surface area contributed by atoms with E-state index in [0.29, 0.717) is 6.54 Å². The van der Waals surface area contributed by atoms with Gasteiger partial charge in [0, 0.05) is 17.7 Å². The third-order valence-corrected chi connectivity index (χ3v) is 3.47. The van der Waals surface area contributed by atoms with Crippen molar-refractivity contribution in [2.75, 3.05) is 14.1 Å². The number of phenolic OH excluding ortho intramolecular Hbond substituents is 2. The molecule has 0 saturated heterocycles. The summed E-state index contributed by atoms with van der Waals surface area (Å²) < 4.78 is 0. The summed E-state index contributed by atoms with van der Waals surface area (Å²) in [5.74, 6) is 0.0402. The van der Waals surface area contributed by atoms with Crippen LogP contribution >= 0.6 is 0 Å². The second kappa shape index (κ2) is 5.28. The zero-order valence-electron chi connectivity index (χ0n) is 14.1. The van der Waals surface area contributed by atoms with Crippen LogP contribution in [0.1, 0.15) is 58.2 Å². The first-order chi connectivity index (χ1) is 8.85. The molecule has 0 heterocycles. The molecule has 1 aromatic rings. The molecule has 0 amide bonds. The van der Waals surface area contributed by atoms with Gasteiger partial charge in [0.15, 0.2) is 11.5 Å². The summed E-state index contributed by atoms with van der Waals surface area (Å²) in [4.78, 5) is 2.00. The molecule has 0 bridgehead atoms. The van der Waals surface area contributed by atoms with Crippen molar-refractivity contribution in [1.82, 2.24) is 4.90 Å². The summed E-state index contributed by atoms with van der Waals surface area (Å²) in [7, 11) is 3.92. The molecule has 0 spiro atoms. The maximum absolute atomic E-state index is 10.5. The molecule has 1 aromatic carbocycles. The Morgan fingerprint density at radius 2 is 1.30 bits per heavy atom. The molecule has 1 rings (SSSR count). The SMILES string of the molecule is CN(C)Cc1c(C(C)(C)C)cc(C(C)(C)C)c(O)c1O. The van der Waals surface area contributed by atoms with E-state index in [4.69, 9.17) is 0 Å². The third kappa shape index (κ3) is 3.45. The molecule has 0 atom stereocenters. The highest BCUT2D eigenvalue weighted by atomic mass is 16.3. The van der Waals surface area contributed by atoms with Gasteiger partial charge in [-0.25, -0.2) is 0 Å². The van der Waals surface area contributed by atoms with Crippen molar-refractivity contribution in [3.8, 4) is 11.5 Å². The van der Waals surface area contributed by atoms with Crippen LogP contribution in [0.15, 0.2) is 6.07 Å². The van der Waals surface area contributed by atoms with E-state index in [1.54, 1.807) is 0 Å². The molecule has 0 radical (unpaired) electrons. The smallest absolute Gasteiger partial charge is 0.162 e. The predicted octanol–water partition coefficient (Wildman–Crippen LogP) is 3.75. The molecular formula is C17H29NO2. The summed E-state index contributed by atoms with van der Waals surface area (Å²) in [5, 5.41) is 20.8.